The van der Waals surface area contributed by atoms with Gasteiger partial charge in [0.15, 0.2) is 0 Å². The Morgan fingerprint density at radius 2 is 1.75 bits per heavy atom. The van der Waals surface area contributed by atoms with Crippen LogP contribution in [0.2, 0.25) is 0 Å². The summed E-state index contributed by atoms with van der Waals surface area (Å²) in [5.74, 6) is 0.899. The third-order valence-corrected chi connectivity index (χ3v) is 2.89. The molecule has 1 rings (SSSR count). The lowest BCUT2D eigenvalue weighted by molar-refractivity contribution is 0.0934. The third-order valence-electron chi connectivity index (χ3n) is 2.89. The van der Waals surface area contributed by atoms with Gasteiger partial charge in [-0.25, -0.2) is 0 Å². The van der Waals surface area contributed by atoms with Crippen LogP contribution in [0, 0.1) is 11.3 Å². The van der Waals surface area contributed by atoms with Crippen molar-refractivity contribution in [3.8, 4) is 0 Å². The molecule has 1 fully saturated rings. The van der Waals surface area contributed by atoms with E-state index in [1.54, 1.807) is 0 Å². The van der Waals surface area contributed by atoms with Crippen LogP contribution in [-0.2, 0) is 0 Å². The van der Waals surface area contributed by atoms with Gasteiger partial charge in [-0.15, -0.1) is 0 Å². The predicted molar refractivity (Wildman–Crippen MR) is 36.8 cm³/mol. The van der Waals surface area contributed by atoms with E-state index < -0.39 is 0 Å². The second-order valence-corrected chi connectivity index (χ2v) is 3.66. The van der Waals surface area contributed by atoms with E-state index in [-0.39, 0.29) is 0 Å². The fourth-order valence-corrected chi connectivity index (χ4v) is 1.31. The lowest BCUT2D eigenvalue weighted by Gasteiger charge is -2.42. The Kier molecular flexibility index (Phi) is 1.34. The van der Waals surface area contributed by atoms with Crippen LogP contribution in [0.1, 0.15) is 40.0 Å². The van der Waals surface area contributed by atoms with E-state index in [1.807, 2.05) is 0 Å². The molecule has 1 aliphatic carbocycles. The molecule has 0 saturated heterocycles. The highest BCUT2D eigenvalue weighted by Gasteiger charge is 2.34. The Morgan fingerprint density at radius 3 is 1.75 bits per heavy atom. The topological polar surface area (TPSA) is 0 Å². The van der Waals surface area contributed by atoms with Crippen molar-refractivity contribution in [1.82, 2.24) is 0 Å². The molecule has 0 heteroatoms. The van der Waals surface area contributed by atoms with Crippen LogP contribution in [0.15, 0.2) is 0 Å². The van der Waals surface area contributed by atoms with Gasteiger partial charge in [0.05, 0.1) is 0 Å². The molecule has 1 saturated carbocycles. The van der Waals surface area contributed by atoms with Crippen LogP contribution in [0.5, 0.6) is 0 Å². The van der Waals surface area contributed by atoms with Gasteiger partial charge in [0, 0.05) is 0 Å². The van der Waals surface area contributed by atoms with Gasteiger partial charge in [-0.2, -0.15) is 0 Å². The number of rotatable bonds is 1. The van der Waals surface area contributed by atoms with Crippen molar-refractivity contribution in [3.63, 3.8) is 0 Å². The zero-order valence-corrected chi connectivity index (χ0v) is 6.20. The highest BCUT2D eigenvalue weighted by Crippen LogP contribution is 2.46. The zero-order valence-electron chi connectivity index (χ0n) is 6.20. The molecule has 0 aliphatic heterocycles. The van der Waals surface area contributed by atoms with E-state index in [2.05, 4.69) is 20.8 Å². The highest BCUT2D eigenvalue weighted by atomic mass is 14.4. The van der Waals surface area contributed by atoms with Gasteiger partial charge >= 0.3 is 0 Å². The summed E-state index contributed by atoms with van der Waals surface area (Å²) < 4.78 is 0. The average Bonchev–Trinajstić information content (AvgIpc) is 1.60. The van der Waals surface area contributed by atoms with Crippen LogP contribution in [0.4, 0.5) is 0 Å². The molecule has 0 aromatic heterocycles. The Hall–Kier alpha value is 0. The fourth-order valence-electron chi connectivity index (χ4n) is 1.31. The molecule has 1 aliphatic rings. The first-order valence-electron chi connectivity index (χ1n) is 3.65. The molecule has 0 heterocycles. The lowest BCUT2D eigenvalue weighted by Crippen LogP contribution is -2.30. The van der Waals surface area contributed by atoms with Crippen molar-refractivity contribution in [2.45, 2.75) is 40.0 Å². The largest absolute Gasteiger partial charge is 0.0623 e. The maximum atomic E-state index is 2.40. The summed E-state index contributed by atoms with van der Waals surface area (Å²) in [7, 11) is 0. The van der Waals surface area contributed by atoms with Crippen molar-refractivity contribution in [1.29, 1.82) is 0 Å². The Balaban J connectivity index is 2.41. The predicted octanol–water partition coefficient (Wildman–Crippen LogP) is 2.83. The monoisotopic (exact) mass is 112 g/mol. The molecular formula is C8H16. The van der Waals surface area contributed by atoms with Gasteiger partial charge in [-0.3, -0.25) is 0 Å². The third kappa shape index (κ3) is 0.765. The molecule has 0 bridgehead atoms. The number of hydrogen-bond acceptors (Lipinski definition) is 0. The minimum atomic E-state index is 0.722. The molecular weight excluding hydrogens is 96.1 g/mol. The summed E-state index contributed by atoms with van der Waals surface area (Å²) in [5, 5.41) is 0. The van der Waals surface area contributed by atoms with Crippen molar-refractivity contribution < 1.29 is 0 Å². The van der Waals surface area contributed by atoms with Gasteiger partial charge < -0.3 is 0 Å². The van der Waals surface area contributed by atoms with Crippen LogP contribution in [0.3, 0.4) is 0 Å². The SMILES string of the molecule is CC(C)C1(C)CCC1. The van der Waals surface area contributed by atoms with Crippen LogP contribution < -0.4 is 0 Å². The summed E-state index contributed by atoms with van der Waals surface area (Å²) in [4.78, 5) is 0. The van der Waals surface area contributed by atoms with E-state index in [0.717, 1.165) is 11.3 Å². The van der Waals surface area contributed by atoms with Gasteiger partial charge in [0.1, 0.15) is 0 Å². The summed E-state index contributed by atoms with van der Waals surface area (Å²) in [6.45, 7) is 7.07. The Morgan fingerprint density at radius 1 is 1.25 bits per heavy atom. The molecule has 8 heavy (non-hydrogen) atoms. The van der Waals surface area contributed by atoms with Crippen molar-refractivity contribution >= 4 is 0 Å². The standard InChI is InChI=1S/C8H16/c1-7(2)8(3)5-4-6-8/h7H,4-6H2,1-3H3. The molecule has 0 radical (unpaired) electrons. The molecule has 0 aromatic rings. The molecule has 0 spiro atoms. The molecule has 0 amide bonds. The lowest BCUT2D eigenvalue weighted by atomic mass is 9.64. The molecule has 0 N–H and O–H groups in total. The first-order chi connectivity index (χ1) is 3.65. The minimum absolute atomic E-state index is 0.722. The second kappa shape index (κ2) is 1.75. The Bertz CT molecular complexity index is 78.0. The molecule has 0 atom stereocenters. The van der Waals surface area contributed by atoms with E-state index in [9.17, 15) is 0 Å². The first-order valence-corrected chi connectivity index (χ1v) is 3.65. The van der Waals surface area contributed by atoms with Crippen molar-refractivity contribution in [2.24, 2.45) is 11.3 Å². The molecule has 0 aromatic carbocycles. The van der Waals surface area contributed by atoms with Crippen molar-refractivity contribution in [2.75, 3.05) is 0 Å². The number of hydrogen-bond donors (Lipinski definition) is 0. The van der Waals surface area contributed by atoms with E-state index in [0.29, 0.717) is 0 Å². The van der Waals surface area contributed by atoms with Crippen LogP contribution >= 0.6 is 0 Å². The quantitative estimate of drug-likeness (QED) is 0.489. The van der Waals surface area contributed by atoms with Gasteiger partial charge in [-0.05, 0) is 24.2 Å². The Labute approximate surface area is 52.3 Å². The maximum absolute atomic E-state index is 2.40. The molecule has 0 unspecified atom stereocenters. The normalized spacial score (nSPS) is 25.5. The minimum Gasteiger partial charge on any atom is -0.0623 e. The summed E-state index contributed by atoms with van der Waals surface area (Å²) >= 11 is 0. The van der Waals surface area contributed by atoms with Gasteiger partial charge in [-0.1, -0.05) is 27.2 Å². The maximum Gasteiger partial charge on any atom is -0.0303 e. The second-order valence-electron chi connectivity index (χ2n) is 3.66. The average molecular weight is 112 g/mol. The van der Waals surface area contributed by atoms with E-state index >= 15 is 0 Å². The summed E-state index contributed by atoms with van der Waals surface area (Å²) in [6, 6.07) is 0. The van der Waals surface area contributed by atoms with Gasteiger partial charge in [0.25, 0.3) is 0 Å². The fraction of sp³-hybridized carbons (Fsp3) is 1.00. The zero-order chi connectivity index (χ0) is 6.20. The van der Waals surface area contributed by atoms with E-state index in [4.69, 9.17) is 0 Å². The smallest absolute Gasteiger partial charge is 0.0303 e. The summed E-state index contributed by atoms with van der Waals surface area (Å²) in [5.41, 5.74) is 0.722. The molecule has 0 nitrogen and oxygen atoms in total. The highest BCUT2D eigenvalue weighted by molar-refractivity contribution is 4.85. The van der Waals surface area contributed by atoms with Crippen LogP contribution in [0.25, 0.3) is 0 Å². The van der Waals surface area contributed by atoms with E-state index in [1.165, 1.54) is 19.3 Å². The van der Waals surface area contributed by atoms with Crippen LogP contribution in [-0.4, -0.2) is 0 Å². The first kappa shape index (κ1) is 6.12. The van der Waals surface area contributed by atoms with Crippen molar-refractivity contribution in [3.05, 3.63) is 0 Å². The summed E-state index contributed by atoms with van der Waals surface area (Å²) in [6.07, 6.45) is 4.39. The molecule has 48 valence electrons. The van der Waals surface area contributed by atoms with Gasteiger partial charge in [0.2, 0.25) is 0 Å².